The smallest absolute Gasteiger partial charge is 0.146 e. The Morgan fingerprint density at radius 2 is 0.660 bits per heavy atom. The maximum Gasteiger partial charge on any atom is 0.146 e. The summed E-state index contributed by atoms with van der Waals surface area (Å²) in [6.07, 6.45) is 14.5. The largest absolute Gasteiger partial charge is 0.393 e. The molecular formula is C41H74N2O10. The minimum absolute atomic E-state index is 0. The fourth-order valence-electron chi connectivity index (χ4n) is 7.37. The first-order valence-corrected chi connectivity index (χ1v) is 19.6. The summed E-state index contributed by atoms with van der Waals surface area (Å²) >= 11 is 0. The van der Waals surface area contributed by atoms with Crippen molar-refractivity contribution in [3.63, 3.8) is 0 Å². The minimum Gasteiger partial charge on any atom is -0.393 e. The Kier molecular flexibility index (Phi) is 26.2. The molecule has 6 fully saturated rings. The molecule has 0 spiro atoms. The van der Waals surface area contributed by atoms with Crippen molar-refractivity contribution in [2.75, 3.05) is 13.1 Å². The summed E-state index contributed by atoms with van der Waals surface area (Å²) in [6, 6.07) is -0.194. The van der Waals surface area contributed by atoms with Gasteiger partial charge in [-0.2, -0.15) is 0 Å². The van der Waals surface area contributed by atoms with Crippen molar-refractivity contribution in [2.24, 2.45) is 23.7 Å². The molecule has 0 aromatic carbocycles. The van der Waals surface area contributed by atoms with E-state index in [-0.39, 0.29) is 78.9 Å². The SMILES string of the molecule is C.CC(=O)C1CCCC1.CC(=O)C1CCCC1.CC(=O)C1CC[C@H](O)C1.CC(=O)C1C[C@H](O)CN1.CC(=O)[C@@H]1CC[C@H](O)C1.CC(=O)[C@@H]1C[C@H](O)CN1. The molecule has 2 saturated heterocycles. The summed E-state index contributed by atoms with van der Waals surface area (Å²) in [5.41, 5.74) is 0. The highest BCUT2D eigenvalue weighted by Gasteiger charge is 2.27. The molecule has 6 N–H and O–H groups in total. The first-order valence-electron chi connectivity index (χ1n) is 19.6. The van der Waals surface area contributed by atoms with Crippen LogP contribution in [0.1, 0.15) is 152 Å². The predicted octanol–water partition coefficient (Wildman–Crippen LogP) is 4.24. The van der Waals surface area contributed by atoms with Crippen LogP contribution in [0.3, 0.4) is 0 Å². The first-order chi connectivity index (χ1) is 24.4. The quantitative estimate of drug-likeness (QED) is 0.225. The van der Waals surface area contributed by atoms with Gasteiger partial charge >= 0.3 is 0 Å². The van der Waals surface area contributed by atoms with Crippen molar-refractivity contribution in [2.45, 2.75) is 188 Å². The third-order valence-corrected chi connectivity index (χ3v) is 11.0. The average molecular weight is 755 g/mol. The number of hydrogen-bond acceptors (Lipinski definition) is 12. The second kappa shape index (κ2) is 27.4. The second-order valence-electron chi connectivity index (χ2n) is 15.7. The van der Waals surface area contributed by atoms with Gasteiger partial charge in [-0.15, -0.1) is 0 Å². The zero-order valence-electron chi connectivity index (χ0n) is 32.7. The maximum atomic E-state index is 10.7. The molecular weight excluding hydrogens is 680 g/mol. The Balaban J connectivity index is 0.000000610. The second-order valence-corrected chi connectivity index (χ2v) is 15.7. The van der Waals surface area contributed by atoms with Gasteiger partial charge in [0.15, 0.2) is 0 Å². The van der Waals surface area contributed by atoms with Gasteiger partial charge in [-0.25, -0.2) is 0 Å². The molecule has 0 aromatic heterocycles. The van der Waals surface area contributed by atoms with Gasteiger partial charge in [0.2, 0.25) is 0 Å². The zero-order chi connectivity index (χ0) is 39.4. The summed E-state index contributed by atoms with van der Waals surface area (Å²) in [6.45, 7) is 10.8. The number of carbonyl (C=O) groups is 6. The van der Waals surface area contributed by atoms with Gasteiger partial charge < -0.3 is 31.1 Å². The van der Waals surface area contributed by atoms with Gasteiger partial charge in [0.25, 0.3) is 0 Å². The van der Waals surface area contributed by atoms with Crippen LogP contribution in [0.2, 0.25) is 0 Å². The van der Waals surface area contributed by atoms with Crippen molar-refractivity contribution >= 4 is 34.7 Å². The maximum absolute atomic E-state index is 10.7. The summed E-state index contributed by atoms with van der Waals surface area (Å²) in [4.78, 5) is 63.9. The van der Waals surface area contributed by atoms with Crippen LogP contribution in [-0.2, 0) is 28.8 Å². The molecule has 0 aromatic rings. The van der Waals surface area contributed by atoms with E-state index in [1.807, 2.05) is 0 Å². The van der Waals surface area contributed by atoms with E-state index in [2.05, 4.69) is 10.6 Å². The standard InChI is InChI=1S/2C7H12O2.2C7H12O.2C6H11NO2.CH4/c2*1-5(8)6-2-3-7(9)4-6;2*1-6(8)7-4-2-3-5-7;2*1-4(8)6-2-5(9)3-7-6;/h2*6-7,9H,2-4H2,1H3;2*7H,2-5H2,1H3;2*5-7,9H,2-3H2,1H3;1H4/t6?,7-;6-,7+;;;5-,6?;5-,6-;/m01..00./s1. The van der Waals surface area contributed by atoms with E-state index in [4.69, 9.17) is 20.4 Å². The van der Waals surface area contributed by atoms with Crippen LogP contribution in [-0.4, -0.2) is 105 Å². The molecule has 0 amide bonds. The number of carbonyl (C=O) groups excluding carboxylic acids is 6. The lowest BCUT2D eigenvalue weighted by molar-refractivity contribution is -0.121. The van der Waals surface area contributed by atoms with E-state index in [9.17, 15) is 28.8 Å². The highest BCUT2D eigenvalue weighted by molar-refractivity contribution is 5.82. The number of β-amino-alcohol motifs (C(OH)–C–C–N with tert-alkyl or cyclic N) is 2. The molecule has 2 unspecified atom stereocenters. The first kappa shape index (κ1) is 50.8. The van der Waals surface area contributed by atoms with E-state index >= 15 is 0 Å². The molecule has 12 nitrogen and oxygen atoms in total. The average Bonchev–Trinajstić information content (AvgIpc) is 3.92. The van der Waals surface area contributed by atoms with Gasteiger partial charge in [0.1, 0.15) is 34.7 Å². The molecule has 6 rings (SSSR count). The molecule has 0 radical (unpaired) electrons. The number of ketones is 6. The number of nitrogens with one attached hydrogen (secondary N) is 2. The van der Waals surface area contributed by atoms with Gasteiger partial charge in [0, 0.05) is 36.8 Å². The molecule has 4 saturated carbocycles. The zero-order valence-corrected chi connectivity index (χ0v) is 32.7. The van der Waals surface area contributed by atoms with Crippen LogP contribution < -0.4 is 10.6 Å². The number of rotatable bonds is 6. The summed E-state index contributed by atoms with van der Waals surface area (Å²) in [5.74, 6) is 2.63. The summed E-state index contributed by atoms with van der Waals surface area (Å²) in [7, 11) is 0. The van der Waals surface area contributed by atoms with Crippen LogP contribution >= 0.6 is 0 Å². The summed E-state index contributed by atoms with van der Waals surface area (Å²) < 4.78 is 0. The van der Waals surface area contributed by atoms with Crippen LogP contribution in [0, 0.1) is 23.7 Å². The Bertz CT molecular complexity index is 972. The van der Waals surface area contributed by atoms with Crippen LogP contribution in [0.5, 0.6) is 0 Å². The fourth-order valence-corrected chi connectivity index (χ4v) is 7.37. The van der Waals surface area contributed by atoms with Gasteiger partial charge in [-0.05, 0) is 119 Å². The minimum atomic E-state index is -0.320. The monoisotopic (exact) mass is 755 g/mol. The molecule has 2 aliphatic heterocycles. The lowest BCUT2D eigenvalue weighted by Crippen LogP contribution is -2.28. The number of hydrogen-bond donors (Lipinski definition) is 6. The van der Waals surface area contributed by atoms with Crippen molar-refractivity contribution in [1.29, 1.82) is 0 Å². The predicted molar refractivity (Wildman–Crippen MR) is 206 cm³/mol. The van der Waals surface area contributed by atoms with E-state index in [1.165, 1.54) is 39.5 Å². The highest BCUT2D eigenvalue weighted by atomic mass is 16.3. The molecule has 308 valence electrons. The Morgan fingerprint density at radius 3 is 0.774 bits per heavy atom. The van der Waals surface area contributed by atoms with E-state index < -0.39 is 0 Å². The Hall–Kier alpha value is -2.22. The van der Waals surface area contributed by atoms with E-state index in [0.717, 1.165) is 51.4 Å². The van der Waals surface area contributed by atoms with Crippen molar-refractivity contribution < 1.29 is 49.2 Å². The van der Waals surface area contributed by atoms with Crippen LogP contribution in [0.25, 0.3) is 0 Å². The normalized spacial score (nSPS) is 30.2. The molecule has 0 bridgehead atoms. The van der Waals surface area contributed by atoms with Crippen molar-refractivity contribution in [3.05, 3.63) is 0 Å². The highest BCUT2D eigenvalue weighted by Crippen LogP contribution is 2.27. The lowest BCUT2D eigenvalue weighted by Gasteiger charge is -2.01. The Morgan fingerprint density at radius 1 is 0.377 bits per heavy atom. The number of aliphatic hydroxyl groups excluding tert-OH is 4. The van der Waals surface area contributed by atoms with E-state index in [0.29, 0.717) is 62.2 Å². The van der Waals surface area contributed by atoms with Gasteiger partial charge in [-0.1, -0.05) is 33.1 Å². The van der Waals surface area contributed by atoms with Crippen LogP contribution in [0.4, 0.5) is 0 Å². The molecule has 8 atom stereocenters. The molecule has 6 aliphatic rings. The molecule has 12 heteroatoms. The fraction of sp³-hybridized carbons (Fsp3) is 0.854. The topological polar surface area (TPSA) is 207 Å². The van der Waals surface area contributed by atoms with Gasteiger partial charge in [0.05, 0.1) is 36.5 Å². The third-order valence-electron chi connectivity index (χ3n) is 11.0. The molecule has 4 aliphatic carbocycles. The molecule has 53 heavy (non-hydrogen) atoms. The molecule has 2 heterocycles. The Labute approximate surface area is 319 Å². The van der Waals surface area contributed by atoms with Gasteiger partial charge in [-0.3, -0.25) is 28.8 Å². The van der Waals surface area contributed by atoms with E-state index in [1.54, 1.807) is 27.7 Å². The number of aliphatic hydroxyl groups is 4. The lowest BCUT2D eigenvalue weighted by atomic mass is 10.0. The van der Waals surface area contributed by atoms with Crippen molar-refractivity contribution in [1.82, 2.24) is 10.6 Å². The third kappa shape index (κ3) is 22.1. The summed E-state index contributed by atoms with van der Waals surface area (Å²) in [5, 5.41) is 41.7. The van der Waals surface area contributed by atoms with Crippen molar-refractivity contribution in [3.8, 4) is 0 Å². The number of Topliss-reactive ketones (excluding diaryl/α,β-unsaturated/α-hetero) is 6. The van der Waals surface area contributed by atoms with Crippen LogP contribution in [0.15, 0.2) is 0 Å².